The Balaban J connectivity index is 2.47. The summed E-state index contributed by atoms with van der Waals surface area (Å²) in [6.07, 6.45) is 6.04. The highest BCUT2D eigenvalue weighted by Crippen LogP contribution is 2.14. The van der Waals surface area contributed by atoms with Crippen molar-refractivity contribution in [1.82, 2.24) is 9.55 Å². The first-order chi connectivity index (χ1) is 9.43. The molecule has 1 heterocycles. The van der Waals surface area contributed by atoms with Crippen LogP contribution in [0.3, 0.4) is 0 Å². The van der Waals surface area contributed by atoms with E-state index in [0.717, 1.165) is 19.1 Å². The maximum Gasteiger partial charge on any atom is 0.261 e. The zero-order chi connectivity index (χ0) is 14.8. The quantitative estimate of drug-likeness (QED) is 0.622. The molecule has 0 radical (unpaired) electrons. The Kier molecular flexibility index (Phi) is 4.04. The van der Waals surface area contributed by atoms with Gasteiger partial charge in [0.1, 0.15) is 0 Å². The minimum atomic E-state index is -3.29. The first kappa shape index (κ1) is 14.5. The molecule has 0 aliphatic heterocycles. The summed E-state index contributed by atoms with van der Waals surface area (Å²) in [5.41, 5.74) is 0.247. The van der Waals surface area contributed by atoms with Crippen LogP contribution in [0.2, 0.25) is 0 Å². The van der Waals surface area contributed by atoms with Gasteiger partial charge in [0.2, 0.25) is 0 Å². The SMILES string of the molecule is C=CCCCn1cnc2cc(S(C)(=O)=O)ccc2c1=O. The predicted molar refractivity (Wildman–Crippen MR) is 78.5 cm³/mol. The Labute approximate surface area is 117 Å². The molecule has 0 aliphatic rings. The molecule has 6 heteroatoms. The van der Waals surface area contributed by atoms with E-state index in [4.69, 9.17) is 0 Å². The number of rotatable bonds is 5. The van der Waals surface area contributed by atoms with E-state index in [-0.39, 0.29) is 10.5 Å². The van der Waals surface area contributed by atoms with E-state index in [1.165, 1.54) is 29.1 Å². The fraction of sp³-hybridized carbons (Fsp3) is 0.286. The van der Waals surface area contributed by atoms with Crippen LogP contribution in [0.4, 0.5) is 0 Å². The van der Waals surface area contributed by atoms with Gasteiger partial charge in [-0.1, -0.05) is 6.08 Å². The Morgan fingerprint density at radius 2 is 2.15 bits per heavy atom. The molecule has 0 aliphatic carbocycles. The topological polar surface area (TPSA) is 69.0 Å². The number of aryl methyl sites for hydroxylation is 1. The smallest absolute Gasteiger partial charge is 0.261 e. The summed E-state index contributed by atoms with van der Waals surface area (Å²) in [6.45, 7) is 4.21. The second-order valence-corrected chi connectivity index (χ2v) is 6.64. The molecule has 0 fully saturated rings. The van der Waals surface area contributed by atoms with Crippen molar-refractivity contribution in [3.05, 3.63) is 47.5 Å². The molecule has 0 bridgehead atoms. The summed E-state index contributed by atoms with van der Waals surface area (Å²) in [5, 5.41) is 0.429. The van der Waals surface area contributed by atoms with Crippen LogP contribution in [0.5, 0.6) is 0 Å². The van der Waals surface area contributed by atoms with Gasteiger partial charge < -0.3 is 0 Å². The maximum atomic E-state index is 12.2. The van der Waals surface area contributed by atoms with E-state index in [1.807, 2.05) is 0 Å². The molecule has 0 amide bonds. The molecule has 0 saturated carbocycles. The average molecular weight is 292 g/mol. The number of fused-ring (bicyclic) bond motifs is 1. The van der Waals surface area contributed by atoms with Crippen molar-refractivity contribution in [3.63, 3.8) is 0 Å². The van der Waals surface area contributed by atoms with Crippen molar-refractivity contribution in [2.45, 2.75) is 24.3 Å². The summed E-state index contributed by atoms with van der Waals surface area (Å²) in [5.74, 6) is 0. The molecule has 2 rings (SSSR count). The molecule has 20 heavy (non-hydrogen) atoms. The fourth-order valence-electron chi connectivity index (χ4n) is 1.93. The van der Waals surface area contributed by atoms with Crippen LogP contribution >= 0.6 is 0 Å². The van der Waals surface area contributed by atoms with Crippen LogP contribution in [0.15, 0.2) is 46.9 Å². The molecule has 0 N–H and O–H groups in total. The zero-order valence-electron chi connectivity index (χ0n) is 11.2. The van der Waals surface area contributed by atoms with Crippen LogP contribution in [-0.4, -0.2) is 24.2 Å². The summed E-state index contributed by atoms with van der Waals surface area (Å²) < 4.78 is 24.5. The summed E-state index contributed by atoms with van der Waals surface area (Å²) in [4.78, 5) is 16.6. The lowest BCUT2D eigenvalue weighted by Crippen LogP contribution is -2.20. The van der Waals surface area contributed by atoms with Crippen LogP contribution in [0.25, 0.3) is 10.9 Å². The van der Waals surface area contributed by atoms with Gasteiger partial charge in [-0.15, -0.1) is 6.58 Å². The van der Waals surface area contributed by atoms with Gasteiger partial charge in [-0.3, -0.25) is 9.36 Å². The average Bonchev–Trinajstić information content (AvgIpc) is 2.40. The van der Waals surface area contributed by atoms with E-state index in [9.17, 15) is 13.2 Å². The van der Waals surface area contributed by atoms with Gasteiger partial charge in [0.15, 0.2) is 9.84 Å². The fourth-order valence-corrected chi connectivity index (χ4v) is 2.57. The van der Waals surface area contributed by atoms with Crippen LogP contribution in [0, 0.1) is 0 Å². The van der Waals surface area contributed by atoms with Crippen molar-refractivity contribution in [3.8, 4) is 0 Å². The number of nitrogens with zero attached hydrogens (tertiary/aromatic N) is 2. The zero-order valence-corrected chi connectivity index (χ0v) is 12.1. The summed E-state index contributed by atoms with van der Waals surface area (Å²) in [7, 11) is -3.29. The highest BCUT2D eigenvalue weighted by Gasteiger charge is 2.10. The Morgan fingerprint density at radius 1 is 1.40 bits per heavy atom. The first-order valence-corrected chi connectivity index (χ1v) is 8.13. The second kappa shape index (κ2) is 5.58. The molecule has 5 nitrogen and oxygen atoms in total. The van der Waals surface area contributed by atoms with Crippen LogP contribution in [-0.2, 0) is 16.4 Å². The van der Waals surface area contributed by atoms with E-state index < -0.39 is 9.84 Å². The molecule has 0 unspecified atom stereocenters. The third-order valence-corrected chi connectivity index (χ3v) is 4.14. The van der Waals surface area contributed by atoms with Crippen molar-refractivity contribution in [1.29, 1.82) is 0 Å². The normalized spacial score (nSPS) is 11.7. The van der Waals surface area contributed by atoms with Gasteiger partial charge in [-0.2, -0.15) is 0 Å². The van der Waals surface area contributed by atoms with Gasteiger partial charge >= 0.3 is 0 Å². The van der Waals surface area contributed by atoms with Crippen molar-refractivity contribution in [2.24, 2.45) is 0 Å². The number of aromatic nitrogens is 2. The number of hydrogen-bond acceptors (Lipinski definition) is 4. The van der Waals surface area contributed by atoms with Crippen molar-refractivity contribution < 1.29 is 8.42 Å². The monoisotopic (exact) mass is 292 g/mol. The molecule has 1 aromatic carbocycles. The van der Waals surface area contributed by atoms with Gasteiger partial charge in [-0.05, 0) is 31.0 Å². The second-order valence-electron chi connectivity index (χ2n) is 4.63. The maximum absolute atomic E-state index is 12.2. The minimum Gasteiger partial charge on any atom is -0.299 e. The summed E-state index contributed by atoms with van der Waals surface area (Å²) >= 11 is 0. The van der Waals surface area contributed by atoms with Crippen LogP contribution < -0.4 is 5.56 Å². The molecule has 106 valence electrons. The Bertz CT molecular complexity index is 807. The van der Waals surface area contributed by atoms with Gasteiger partial charge in [0, 0.05) is 12.8 Å². The third kappa shape index (κ3) is 2.96. The molecule has 0 saturated heterocycles. The van der Waals surface area contributed by atoms with Gasteiger partial charge in [0.05, 0.1) is 22.1 Å². The number of sulfone groups is 1. The lowest BCUT2D eigenvalue weighted by atomic mass is 10.2. The lowest BCUT2D eigenvalue weighted by Gasteiger charge is -2.06. The largest absolute Gasteiger partial charge is 0.299 e. The molecular formula is C14H16N2O3S. The molecule has 0 spiro atoms. The highest BCUT2D eigenvalue weighted by atomic mass is 32.2. The van der Waals surface area contributed by atoms with Gasteiger partial charge in [0.25, 0.3) is 5.56 Å². The molecule has 1 aromatic heterocycles. The third-order valence-electron chi connectivity index (χ3n) is 3.03. The van der Waals surface area contributed by atoms with Crippen LogP contribution in [0.1, 0.15) is 12.8 Å². The number of hydrogen-bond donors (Lipinski definition) is 0. The number of benzene rings is 1. The van der Waals surface area contributed by atoms with Crippen molar-refractivity contribution >= 4 is 20.7 Å². The van der Waals surface area contributed by atoms with E-state index in [1.54, 1.807) is 6.08 Å². The first-order valence-electron chi connectivity index (χ1n) is 6.23. The highest BCUT2D eigenvalue weighted by molar-refractivity contribution is 7.90. The predicted octanol–water partition coefficient (Wildman–Crippen LogP) is 1.77. The minimum absolute atomic E-state index is 0.154. The Hall–Kier alpha value is -1.95. The molecule has 0 atom stereocenters. The molecule has 2 aromatic rings. The van der Waals surface area contributed by atoms with E-state index in [2.05, 4.69) is 11.6 Å². The standard InChI is InChI=1S/C14H16N2O3S/c1-3-4-5-8-16-10-15-13-9-11(20(2,18)19)6-7-12(13)14(16)17/h3,6-7,9-10H,1,4-5,8H2,2H3. The van der Waals surface area contributed by atoms with Crippen molar-refractivity contribution in [2.75, 3.05) is 6.26 Å². The van der Waals surface area contributed by atoms with E-state index >= 15 is 0 Å². The summed E-state index contributed by atoms with van der Waals surface area (Å²) in [6, 6.07) is 4.39. The molecular weight excluding hydrogens is 276 g/mol. The Morgan fingerprint density at radius 3 is 2.80 bits per heavy atom. The van der Waals surface area contributed by atoms with E-state index in [0.29, 0.717) is 17.4 Å². The lowest BCUT2D eigenvalue weighted by molar-refractivity contribution is 0.602. The number of unbranched alkanes of at least 4 members (excludes halogenated alkanes) is 1. The number of allylic oxidation sites excluding steroid dienone is 1. The van der Waals surface area contributed by atoms with Gasteiger partial charge in [-0.25, -0.2) is 13.4 Å².